The summed E-state index contributed by atoms with van der Waals surface area (Å²) in [6.07, 6.45) is 5.76. The second-order valence-electron chi connectivity index (χ2n) is 6.31. The number of nitrogens with one attached hydrogen (secondary N) is 2. The van der Waals surface area contributed by atoms with Gasteiger partial charge in [-0.25, -0.2) is 4.79 Å². The molecule has 1 aromatic carbocycles. The largest absolute Gasteiger partial charge is 0.335 e. The normalized spacial score (nSPS) is 23.3. The van der Waals surface area contributed by atoms with Crippen LogP contribution in [0.25, 0.3) is 0 Å². The maximum absolute atomic E-state index is 11.9. The van der Waals surface area contributed by atoms with Crippen LogP contribution in [0, 0.1) is 0 Å². The molecular formula is C17H25N3O. The number of hydrogen-bond acceptors (Lipinski definition) is 2. The average molecular weight is 287 g/mol. The van der Waals surface area contributed by atoms with Crippen LogP contribution >= 0.6 is 0 Å². The number of rotatable bonds is 4. The van der Waals surface area contributed by atoms with Crippen molar-refractivity contribution in [2.75, 3.05) is 13.1 Å². The van der Waals surface area contributed by atoms with Crippen LogP contribution in [0.2, 0.25) is 0 Å². The summed E-state index contributed by atoms with van der Waals surface area (Å²) in [5.41, 5.74) is 1.34. The van der Waals surface area contributed by atoms with Crippen molar-refractivity contribution in [2.45, 2.75) is 50.7 Å². The fourth-order valence-electron chi connectivity index (χ4n) is 3.12. The van der Waals surface area contributed by atoms with Crippen molar-refractivity contribution < 1.29 is 4.79 Å². The lowest BCUT2D eigenvalue weighted by Crippen LogP contribution is -2.53. The molecule has 4 nitrogen and oxygen atoms in total. The monoisotopic (exact) mass is 287 g/mol. The fraction of sp³-hybridized carbons (Fsp3) is 0.588. The molecule has 2 fully saturated rings. The van der Waals surface area contributed by atoms with Gasteiger partial charge in [0.2, 0.25) is 0 Å². The number of urea groups is 1. The number of likely N-dealkylation sites (tertiary alicyclic amines) is 1. The molecule has 2 aliphatic rings. The van der Waals surface area contributed by atoms with Gasteiger partial charge in [-0.05, 0) is 44.2 Å². The Hall–Kier alpha value is -1.55. The first kappa shape index (κ1) is 14.4. The molecule has 1 saturated heterocycles. The minimum absolute atomic E-state index is 0.0197. The second-order valence-corrected chi connectivity index (χ2v) is 6.31. The van der Waals surface area contributed by atoms with Crippen LogP contribution in [0.15, 0.2) is 30.3 Å². The Bertz CT molecular complexity index is 458. The summed E-state index contributed by atoms with van der Waals surface area (Å²) < 4.78 is 0. The highest BCUT2D eigenvalue weighted by Gasteiger charge is 2.24. The molecule has 1 saturated carbocycles. The first-order valence-electron chi connectivity index (χ1n) is 8.13. The number of carbonyl (C=O) groups is 1. The lowest BCUT2D eigenvalue weighted by Gasteiger charge is -2.34. The van der Waals surface area contributed by atoms with Crippen molar-refractivity contribution in [1.29, 1.82) is 0 Å². The minimum atomic E-state index is 0.0197. The number of benzene rings is 1. The molecule has 1 aliphatic carbocycles. The van der Waals surface area contributed by atoms with E-state index in [1.807, 2.05) is 0 Å². The minimum Gasteiger partial charge on any atom is -0.335 e. The van der Waals surface area contributed by atoms with Gasteiger partial charge in [0.25, 0.3) is 0 Å². The summed E-state index contributed by atoms with van der Waals surface area (Å²) in [4.78, 5) is 14.4. The fourth-order valence-corrected chi connectivity index (χ4v) is 3.12. The molecule has 21 heavy (non-hydrogen) atoms. The van der Waals surface area contributed by atoms with Gasteiger partial charge in [0.05, 0.1) is 0 Å². The third-order valence-electron chi connectivity index (χ3n) is 4.53. The third-order valence-corrected chi connectivity index (χ3v) is 4.53. The average Bonchev–Trinajstić information content (AvgIpc) is 2.44. The van der Waals surface area contributed by atoms with Crippen LogP contribution in [-0.2, 0) is 6.54 Å². The predicted molar refractivity (Wildman–Crippen MR) is 84.0 cm³/mol. The smallest absolute Gasteiger partial charge is 0.315 e. The molecule has 3 rings (SSSR count). The maximum Gasteiger partial charge on any atom is 0.315 e. The second kappa shape index (κ2) is 6.94. The van der Waals surface area contributed by atoms with Crippen LogP contribution in [-0.4, -0.2) is 36.1 Å². The van der Waals surface area contributed by atoms with Gasteiger partial charge in [-0.1, -0.05) is 30.3 Å². The maximum atomic E-state index is 11.9. The number of hydrogen-bond donors (Lipinski definition) is 2. The summed E-state index contributed by atoms with van der Waals surface area (Å²) in [5, 5.41) is 6.20. The molecule has 2 N–H and O–H groups in total. The molecule has 0 aromatic heterocycles. The van der Waals surface area contributed by atoms with E-state index in [1.165, 1.54) is 12.0 Å². The molecule has 114 valence electrons. The van der Waals surface area contributed by atoms with Crippen molar-refractivity contribution >= 4 is 6.03 Å². The Kier molecular flexibility index (Phi) is 4.76. The standard InChI is InChI=1S/C17H25N3O/c21-17(18-15-8-4-9-15)19-16-10-5-11-20(13-16)12-14-6-2-1-3-7-14/h1-3,6-7,15-16H,4-5,8-13H2,(H2,18,19,21). The summed E-state index contributed by atoms with van der Waals surface area (Å²) in [6.45, 7) is 3.05. The zero-order valence-corrected chi connectivity index (χ0v) is 12.6. The highest BCUT2D eigenvalue weighted by molar-refractivity contribution is 5.74. The van der Waals surface area contributed by atoms with E-state index in [-0.39, 0.29) is 12.1 Å². The van der Waals surface area contributed by atoms with Gasteiger partial charge in [0, 0.05) is 25.2 Å². The Labute approximate surface area is 126 Å². The molecule has 0 spiro atoms. The Morgan fingerprint density at radius 1 is 1.05 bits per heavy atom. The quantitative estimate of drug-likeness (QED) is 0.893. The molecule has 1 aromatic rings. The van der Waals surface area contributed by atoms with Gasteiger partial charge < -0.3 is 10.6 Å². The van der Waals surface area contributed by atoms with Gasteiger partial charge in [0.1, 0.15) is 0 Å². The van der Waals surface area contributed by atoms with E-state index in [9.17, 15) is 4.79 Å². The first-order valence-corrected chi connectivity index (χ1v) is 8.13. The molecule has 1 heterocycles. The lowest BCUT2D eigenvalue weighted by atomic mass is 9.93. The van der Waals surface area contributed by atoms with Crippen molar-refractivity contribution in [3.63, 3.8) is 0 Å². The third kappa shape index (κ3) is 4.21. The Morgan fingerprint density at radius 2 is 1.76 bits per heavy atom. The van der Waals surface area contributed by atoms with Gasteiger partial charge >= 0.3 is 6.03 Å². The zero-order valence-electron chi connectivity index (χ0n) is 12.6. The van der Waals surface area contributed by atoms with Gasteiger partial charge in [-0.2, -0.15) is 0 Å². The number of nitrogens with zero attached hydrogens (tertiary/aromatic N) is 1. The number of piperidine rings is 1. The summed E-state index contributed by atoms with van der Waals surface area (Å²) in [6, 6.07) is 11.3. The molecule has 0 bridgehead atoms. The Morgan fingerprint density at radius 3 is 2.48 bits per heavy atom. The SMILES string of the molecule is O=C(NC1CCC1)NC1CCCN(Cc2ccccc2)C1. The van der Waals surface area contributed by atoms with Gasteiger partial charge in [-0.3, -0.25) is 4.90 Å². The van der Waals surface area contributed by atoms with Crippen LogP contribution in [0.4, 0.5) is 4.79 Å². The van der Waals surface area contributed by atoms with Crippen molar-refractivity contribution in [1.82, 2.24) is 15.5 Å². The number of amides is 2. The summed E-state index contributed by atoms with van der Waals surface area (Å²) in [7, 11) is 0. The van der Waals surface area contributed by atoms with Crippen molar-refractivity contribution in [2.24, 2.45) is 0 Å². The van der Waals surface area contributed by atoms with E-state index < -0.39 is 0 Å². The molecular weight excluding hydrogens is 262 g/mol. The topological polar surface area (TPSA) is 44.4 Å². The van der Waals surface area contributed by atoms with Crippen LogP contribution in [0.3, 0.4) is 0 Å². The summed E-state index contributed by atoms with van der Waals surface area (Å²) >= 11 is 0. The Balaban J connectivity index is 1.45. The summed E-state index contributed by atoms with van der Waals surface area (Å²) in [5.74, 6) is 0. The van der Waals surface area contributed by atoms with Crippen LogP contribution in [0.1, 0.15) is 37.7 Å². The predicted octanol–water partition coefficient (Wildman–Crippen LogP) is 2.50. The highest BCUT2D eigenvalue weighted by Crippen LogP contribution is 2.18. The van der Waals surface area contributed by atoms with Crippen LogP contribution in [0.5, 0.6) is 0 Å². The molecule has 1 unspecified atom stereocenters. The van der Waals surface area contributed by atoms with Crippen molar-refractivity contribution in [3.05, 3.63) is 35.9 Å². The van der Waals surface area contributed by atoms with E-state index >= 15 is 0 Å². The van der Waals surface area contributed by atoms with Crippen LogP contribution < -0.4 is 10.6 Å². The van der Waals surface area contributed by atoms with Crippen molar-refractivity contribution in [3.8, 4) is 0 Å². The lowest BCUT2D eigenvalue weighted by molar-refractivity contribution is 0.177. The van der Waals surface area contributed by atoms with E-state index in [0.29, 0.717) is 6.04 Å². The van der Waals surface area contributed by atoms with E-state index in [4.69, 9.17) is 0 Å². The van der Waals surface area contributed by atoms with Gasteiger partial charge in [-0.15, -0.1) is 0 Å². The molecule has 4 heteroatoms. The highest BCUT2D eigenvalue weighted by atomic mass is 16.2. The number of carbonyl (C=O) groups excluding carboxylic acids is 1. The molecule has 1 aliphatic heterocycles. The van der Waals surface area contributed by atoms with Gasteiger partial charge in [0.15, 0.2) is 0 Å². The van der Waals surface area contributed by atoms with E-state index in [0.717, 1.165) is 45.3 Å². The van der Waals surface area contributed by atoms with E-state index in [1.54, 1.807) is 0 Å². The molecule has 0 radical (unpaired) electrons. The molecule has 2 amide bonds. The zero-order chi connectivity index (χ0) is 14.5. The first-order chi connectivity index (χ1) is 10.3. The molecule has 1 atom stereocenters. The van der Waals surface area contributed by atoms with E-state index in [2.05, 4.69) is 45.9 Å².